The first-order valence-corrected chi connectivity index (χ1v) is 12.7. The normalized spacial score (nSPS) is 21.3. The second-order valence-electron chi connectivity index (χ2n) is 9.87. The molecule has 1 amide bonds. The zero-order valence-corrected chi connectivity index (χ0v) is 19.7. The van der Waals surface area contributed by atoms with E-state index in [2.05, 4.69) is 16.4 Å². The van der Waals surface area contributed by atoms with Crippen LogP contribution in [0.3, 0.4) is 0 Å². The SMILES string of the molecule is O=C(c1ccc2ccccc2c1)N(CC1CCCCC1)c1ccnc(NC2CCC(O)CC2)n1. The van der Waals surface area contributed by atoms with Crippen LogP contribution < -0.4 is 10.2 Å². The van der Waals surface area contributed by atoms with Crippen molar-refractivity contribution in [2.24, 2.45) is 5.92 Å². The molecule has 0 unspecified atom stereocenters. The number of amides is 1. The monoisotopic (exact) mass is 458 g/mol. The minimum absolute atomic E-state index is 0.0123. The molecule has 1 aromatic heterocycles. The number of carbonyl (C=O) groups is 1. The second kappa shape index (κ2) is 10.5. The third-order valence-electron chi connectivity index (χ3n) is 7.35. The maximum atomic E-state index is 13.8. The third-order valence-corrected chi connectivity index (χ3v) is 7.35. The lowest BCUT2D eigenvalue weighted by Crippen LogP contribution is -2.37. The van der Waals surface area contributed by atoms with Gasteiger partial charge in [-0.3, -0.25) is 9.69 Å². The fourth-order valence-electron chi connectivity index (χ4n) is 5.36. The Morgan fingerprint density at radius 3 is 2.50 bits per heavy atom. The van der Waals surface area contributed by atoms with Crippen LogP contribution in [0.4, 0.5) is 11.8 Å². The highest BCUT2D eigenvalue weighted by Crippen LogP contribution is 2.28. The molecule has 3 aromatic rings. The standard InChI is InChI=1S/C28H34N4O2/c33-25-14-12-24(13-15-25)30-28-29-17-16-26(31-28)32(19-20-6-2-1-3-7-20)27(34)23-11-10-21-8-4-5-9-22(21)18-23/h4-5,8-11,16-18,20,24-25,33H,1-3,6-7,12-15,19H2,(H,29,30,31). The van der Waals surface area contributed by atoms with Crippen LogP contribution >= 0.6 is 0 Å². The smallest absolute Gasteiger partial charge is 0.259 e. The number of carbonyl (C=O) groups excluding carboxylic acids is 1. The number of hydrogen-bond donors (Lipinski definition) is 2. The Morgan fingerprint density at radius 1 is 0.941 bits per heavy atom. The molecule has 2 aliphatic carbocycles. The van der Waals surface area contributed by atoms with Crippen molar-refractivity contribution in [1.29, 1.82) is 0 Å². The van der Waals surface area contributed by atoms with E-state index in [1.54, 1.807) is 6.20 Å². The van der Waals surface area contributed by atoms with E-state index in [1.807, 2.05) is 47.4 Å². The molecule has 0 atom stereocenters. The first-order valence-electron chi connectivity index (χ1n) is 12.7. The van der Waals surface area contributed by atoms with Gasteiger partial charge in [0.2, 0.25) is 5.95 Å². The number of fused-ring (bicyclic) bond motifs is 1. The van der Waals surface area contributed by atoms with Crippen molar-refractivity contribution in [3.05, 3.63) is 60.3 Å². The molecule has 2 saturated carbocycles. The molecule has 0 bridgehead atoms. The lowest BCUT2D eigenvalue weighted by Gasteiger charge is -2.30. The van der Waals surface area contributed by atoms with E-state index in [4.69, 9.17) is 4.98 Å². The molecule has 34 heavy (non-hydrogen) atoms. The van der Waals surface area contributed by atoms with E-state index in [9.17, 15) is 9.90 Å². The topological polar surface area (TPSA) is 78.4 Å². The van der Waals surface area contributed by atoms with Crippen molar-refractivity contribution in [3.63, 3.8) is 0 Å². The van der Waals surface area contributed by atoms with Crippen molar-refractivity contribution >= 4 is 28.4 Å². The maximum absolute atomic E-state index is 13.8. The molecule has 6 nitrogen and oxygen atoms in total. The highest BCUT2D eigenvalue weighted by Gasteiger charge is 2.26. The number of nitrogens with zero attached hydrogens (tertiary/aromatic N) is 3. The van der Waals surface area contributed by atoms with Gasteiger partial charge in [-0.2, -0.15) is 4.98 Å². The van der Waals surface area contributed by atoms with Crippen molar-refractivity contribution in [2.45, 2.75) is 69.9 Å². The van der Waals surface area contributed by atoms with Gasteiger partial charge in [0.15, 0.2) is 0 Å². The molecule has 0 radical (unpaired) electrons. The van der Waals surface area contributed by atoms with Gasteiger partial charge in [-0.25, -0.2) is 4.98 Å². The van der Waals surface area contributed by atoms with E-state index < -0.39 is 0 Å². The molecule has 2 N–H and O–H groups in total. The first kappa shape index (κ1) is 22.8. The van der Waals surface area contributed by atoms with E-state index in [0.717, 1.165) is 49.3 Å². The van der Waals surface area contributed by atoms with Crippen LogP contribution in [0, 0.1) is 5.92 Å². The molecule has 2 fully saturated rings. The summed E-state index contributed by atoms with van der Waals surface area (Å²) in [5.74, 6) is 1.68. The summed E-state index contributed by atoms with van der Waals surface area (Å²) in [4.78, 5) is 24.9. The molecule has 178 valence electrons. The molecule has 2 aliphatic rings. The minimum atomic E-state index is -0.198. The van der Waals surface area contributed by atoms with Gasteiger partial charge < -0.3 is 10.4 Å². The highest BCUT2D eigenvalue weighted by molar-refractivity contribution is 6.07. The molecule has 5 rings (SSSR count). The van der Waals surface area contributed by atoms with Crippen molar-refractivity contribution in [1.82, 2.24) is 9.97 Å². The number of hydrogen-bond acceptors (Lipinski definition) is 5. The average Bonchev–Trinajstić information content (AvgIpc) is 2.89. The van der Waals surface area contributed by atoms with E-state index >= 15 is 0 Å². The molecule has 0 saturated heterocycles. The number of aliphatic hydroxyl groups is 1. The Balaban J connectivity index is 1.41. The summed E-state index contributed by atoms with van der Waals surface area (Å²) in [6.45, 7) is 0.678. The number of rotatable bonds is 6. The number of anilines is 2. The Bertz CT molecular complexity index is 1120. The summed E-state index contributed by atoms with van der Waals surface area (Å²) in [5.41, 5.74) is 0.684. The van der Waals surface area contributed by atoms with Gasteiger partial charge in [0.05, 0.1) is 6.10 Å². The summed E-state index contributed by atoms with van der Waals surface area (Å²) < 4.78 is 0. The number of aromatic nitrogens is 2. The van der Waals surface area contributed by atoms with Crippen molar-refractivity contribution < 1.29 is 9.90 Å². The highest BCUT2D eigenvalue weighted by atomic mass is 16.3. The maximum Gasteiger partial charge on any atom is 0.259 e. The van der Waals surface area contributed by atoms with Gasteiger partial charge in [0.25, 0.3) is 5.91 Å². The van der Waals surface area contributed by atoms with E-state index in [0.29, 0.717) is 29.8 Å². The van der Waals surface area contributed by atoms with Crippen LogP contribution in [0.5, 0.6) is 0 Å². The third kappa shape index (κ3) is 5.39. The van der Waals surface area contributed by atoms with E-state index in [-0.39, 0.29) is 18.1 Å². The lowest BCUT2D eigenvalue weighted by atomic mass is 9.89. The largest absolute Gasteiger partial charge is 0.393 e. The second-order valence-corrected chi connectivity index (χ2v) is 9.87. The molecule has 0 aliphatic heterocycles. The van der Waals surface area contributed by atoms with Gasteiger partial charge >= 0.3 is 0 Å². The quantitative estimate of drug-likeness (QED) is 0.505. The van der Waals surface area contributed by atoms with E-state index in [1.165, 1.54) is 19.3 Å². The minimum Gasteiger partial charge on any atom is -0.393 e. The van der Waals surface area contributed by atoms with Crippen LogP contribution in [0.15, 0.2) is 54.7 Å². The summed E-state index contributed by atoms with van der Waals surface area (Å²) in [6.07, 6.45) is 11.0. The Morgan fingerprint density at radius 2 is 1.71 bits per heavy atom. The molecular weight excluding hydrogens is 424 g/mol. The van der Waals surface area contributed by atoms with Crippen LogP contribution in [0.25, 0.3) is 10.8 Å². The summed E-state index contributed by atoms with van der Waals surface area (Å²) in [6, 6.07) is 16.2. The van der Waals surface area contributed by atoms with Gasteiger partial charge in [-0.15, -0.1) is 0 Å². The summed E-state index contributed by atoms with van der Waals surface area (Å²) in [7, 11) is 0. The molecular formula is C28H34N4O2. The van der Waals surface area contributed by atoms with Crippen LogP contribution in [0.1, 0.15) is 68.1 Å². The molecule has 6 heteroatoms. The van der Waals surface area contributed by atoms with Gasteiger partial charge in [-0.05, 0) is 73.4 Å². The van der Waals surface area contributed by atoms with Crippen LogP contribution in [-0.4, -0.2) is 39.7 Å². The van der Waals surface area contributed by atoms with Crippen LogP contribution in [-0.2, 0) is 0 Å². The van der Waals surface area contributed by atoms with Crippen molar-refractivity contribution in [2.75, 3.05) is 16.8 Å². The molecule has 2 aromatic carbocycles. The summed E-state index contributed by atoms with van der Waals surface area (Å²) in [5, 5.41) is 15.4. The zero-order chi connectivity index (χ0) is 23.3. The Labute approximate surface area is 201 Å². The number of aliphatic hydroxyl groups excluding tert-OH is 1. The molecule has 1 heterocycles. The summed E-state index contributed by atoms with van der Waals surface area (Å²) >= 11 is 0. The Hall–Kier alpha value is -2.99. The van der Waals surface area contributed by atoms with Gasteiger partial charge in [-0.1, -0.05) is 49.6 Å². The number of nitrogens with one attached hydrogen (secondary N) is 1. The van der Waals surface area contributed by atoms with Gasteiger partial charge in [0, 0.05) is 24.3 Å². The predicted octanol–water partition coefficient (Wildman–Crippen LogP) is 5.57. The Kier molecular flexibility index (Phi) is 7.05. The number of benzene rings is 2. The van der Waals surface area contributed by atoms with Gasteiger partial charge in [0.1, 0.15) is 5.82 Å². The van der Waals surface area contributed by atoms with Crippen LogP contribution in [0.2, 0.25) is 0 Å². The average molecular weight is 459 g/mol. The predicted molar refractivity (Wildman–Crippen MR) is 136 cm³/mol. The molecule has 0 spiro atoms. The fourth-order valence-corrected chi connectivity index (χ4v) is 5.36. The first-order chi connectivity index (χ1) is 16.7. The zero-order valence-electron chi connectivity index (χ0n) is 19.7. The fraction of sp³-hybridized carbons (Fsp3) is 0.464. The van der Waals surface area contributed by atoms with Crippen molar-refractivity contribution in [3.8, 4) is 0 Å². The lowest BCUT2D eigenvalue weighted by molar-refractivity contribution is 0.0979.